The fourth-order valence-electron chi connectivity index (χ4n) is 4.81. The maximum Gasteiger partial charge on any atom is 0.203 e. The summed E-state index contributed by atoms with van der Waals surface area (Å²) in [5, 5.41) is 0. The summed E-state index contributed by atoms with van der Waals surface area (Å²) in [6, 6.07) is 4.41. The van der Waals surface area contributed by atoms with Crippen LogP contribution in [0.25, 0.3) is 0 Å². The molecule has 0 saturated carbocycles. The first kappa shape index (κ1) is 34.6. The molecule has 0 fully saturated rings. The van der Waals surface area contributed by atoms with E-state index in [1.54, 1.807) is 0 Å². The van der Waals surface area contributed by atoms with Crippen LogP contribution < -0.4 is 14.2 Å². The first-order chi connectivity index (χ1) is 18.4. The Bertz CT molecular complexity index is 644. The van der Waals surface area contributed by atoms with Crippen molar-refractivity contribution in [3.05, 3.63) is 17.7 Å². The van der Waals surface area contributed by atoms with E-state index in [2.05, 4.69) is 54.0 Å². The summed E-state index contributed by atoms with van der Waals surface area (Å²) in [6.45, 7) is 9.94. The van der Waals surface area contributed by atoms with Crippen LogP contribution in [0.4, 0.5) is 0 Å². The minimum atomic E-state index is 0.724. The van der Waals surface area contributed by atoms with Crippen LogP contribution in [0.1, 0.15) is 142 Å². The highest BCUT2D eigenvalue weighted by Crippen LogP contribution is 2.40. The standard InChI is InChI=1S/C34H64NO3/c1-7-10-13-16-19-22-25-36-32-28-31(30-35(4,5)6)29-33(37-26-23-20-17-14-11-8-2)34(32)38-27-24-21-18-15-12-9-3/h28-29H,7-27,30H2,1-6H3/q+1. The third-order valence-corrected chi connectivity index (χ3v) is 6.99. The molecule has 0 atom stereocenters. The average molecular weight is 535 g/mol. The normalized spacial score (nSPS) is 11.6. The number of unbranched alkanes of at least 4 members (excludes halogenated alkanes) is 15. The van der Waals surface area contributed by atoms with E-state index in [9.17, 15) is 0 Å². The molecular weight excluding hydrogens is 470 g/mol. The van der Waals surface area contributed by atoms with Crippen molar-refractivity contribution in [2.24, 2.45) is 0 Å². The second kappa shape index (κ2) is 22.4. The molecule has 1 rings (SSSR count). The Balaban J connectivity index is 2.89. The predicted molar refractivity (Wildman–Crippen MR) is 165 cm³/mol. The van der Waals surface area contributed by atoms with Crippen LogP contribution in [0, 0.1) is 0 Å². The van der Waals surface area contributed by atoms with Crippen molar-refractivity contribution in [1.29, 1.82) is 0 Å². The van der Waals surface area contributed by atoms with Crippen molar-refractivity contribution in [2.75, 3.05) is 41.0 Å². The Hall–Kier alpha value is -1.42. The number of rotatable bonds is 26. The zero-order chi connectivity index (χ0) is 27.9. The Labute approximate surface area is 237 Å². The van der Waals surface area contributed by atoms with Gasteiger partial charge in [0, 0.05) is 5.56 Å². The third kappa shape index (κ3) is 18.0. The van der Waals surface area contributed by atoms with E-state index in [0.29, 0.717) is 0 Å². The van der Waals surface area contributed by atoms with Crippen LogP contribution in [0.5, 0.6) is 17.2 Å². The molecular formula is C34H64NO3+. The van der Waals surface area contributed by atoms with Gasteiger partial charge in [0.1, 0.15) is 6.54 Å². The molecule has 0 aliphatic rings. The molecule has 0 bridgehead atoms. The SMILES string of the molecule is CCCCCCCCOc1cc(C[N+](C)(C)C)cc(OCCCCCCCC)c1OCCCCCCCC. The van der Waals surface area contributed by atoms with E-state index in [0.717, 1.165) is 67.4 Å². The fraction of sp³-hybridized carbons (Fsp3) is 0.824. The van der Waals surface area contributed by atoms with Crippen molar-refractivity contribution >= 4 is 0 Å². The van der Waals surface area contributed by atoms with Crippen LogP contribution in [0.3, 0.4) is 0 Å². The summed E-state index contributed by atoms with van der Waals surface area (Å²) in [5.41, 5.74) is 1.25. The summed E-state index contributed by atoms with van der Waals surface area (Å²) in [4.78, 5) is 0. The number of benzene rings is 1. The molecule has 0 N–H and O–H groups in total. The number of ether oxygens (including phenoxy) is 3. The average Bonchev–Trinajstić information content (AvgIpc) is 2.87. The van der Waals surface area contributed by atoms with Gasteiger partial charge in [0.25, 0.3) is 0 Å². The first-order valence-electron chi connectivity index (χ1n) is 16.3. The minimum Gasteiger partial charge on any atom is -0.490 e. The lowest BCUT2D eigenvalue weighted by Crippen LogP contribution is -2.33. The van der Waals surface area contributed by atoms with Crippen LogP contribution in [0.15, 0.2) is 12.1 Å². The Morgan fingerprint density at radius 2 is 0.816 bits per heavy atom. The predicted octanol–water partition coefficient (Wildman–Crippen LogP) is 10.1. The number of hydrogen-bond acceptors (Lipinski definition) is 3. The number of hydrogen-bond donors (Lipinski definition) is 0. The van der Waals surface area contributed by atoms with Gasteiger partial charge in [-0.2, -0.15) is 0 Å². The zero-order valence-electron chi connectivity index (χ0n) is 26.4. The Kier molecular flexibility index (Phi) is 20.4. The van der Waals surface area contributed by atoms with E-state index < -0.39 is 0 Å². The highest BCUT2D eigenvalue weighted by Gasteiger charge is 2.19. The van der Waals surface area contributed by atoms with Gasteiger partial charge in [-0.1, -0.05) is 117 Å². The van der Waals surface area contributed by atoms with Gasteiger partial charge in [-0.25, -0.2) is 0 Å². The molecule has 0 aliphatic carbocycles. The molecule has 0 aromatic heterocycles. The maximum atomic E-state index is 6.43. The van der Waals surface area contributed by atoms with Crippen molar-refractivity contribution in [1.82, 2.24) is 0 Å². The molecule has 0 amide bonds. The van der Waals surface area contributed by atoms with Gasteiger partial charge in [-0.05, 0) is 31.4 Å². The Morgan fingerprint density at radius 3 is 1.18 bits per heavy atom. The fourth-order valence-corrected chi connectivity index (χ4v) is 4.81. The highest BCUT2D eigenvalue weighted by molar-refractivity contribution is 5.54. The first-order valence-corrected chi connectivity index (χ1v) is 16.3. The molecule has 222 valence electrons. The molecule has 1 aromatic carbocycles. The molecule has 0 spiro atoms. The molecule has 0 radical (unpaired) electrons. The van der Waals surface area contributed by atoms with Crippen molar-refractivity contribution < 1.29 is 18.7 Å². The Morgan fingerprint density at radius 1 is 0.474 bits per heavy atom. The summed E-state index contributed by atoms with van der Waals surface area (Å²) in [5.74, 6) is 2.56. The van der Waals surface area contributed by atoms with E-state index >= 15 is 0 Å². The highest BCUT2D eigenvalue weighted by atomic mass is 16.5. The topological polar surface area (TPSA) is 27.7 Å². The second-order valence-corrected chi connectivity index (χ2v) is 12.2. The van der Waals surface area contributed by atoms with Gasteiger partial charge >= 0.3 is 0 Å². The lowest BCUT2D eigenvalue weighted by molar-refractivity contribution is -0.884. The van der Waals surface area contributed by atoms with E-state index in [1.165, 1.54) is 102 Å². The molecule has 0 heterocycles. The second-order valence-electron chi connectivity index (χ2n) is 12.2. The largest absolute Gasteiger partial charge is 0.490 e. The number of quaternary nitrogens is 1. The van der Waals surface area contributed by atoms with Crippen LogP contribution in [-0.4, -0.2) is 45.4 Å². The van der Waals surface area contributed by atoms with E-state index in [1.807, 2.05) is 0 Å². The van der Waals surface area contributed by atoms with Gasteiger partial charge in [0.05, 0.1) is 41.0 Å². The van der Waals surface area contributed by atoms with Crippen molar-refractivity contribution in [3.8, 4) is 17.2 Å². The van der Waals surface area contributed by atoms with Crippen LogP contribution in [-0.2, 0) is 6.54 Å². The summed E-state index contributed by atoms with van der Waals surface area (Å²) in [6.07, 6.45) is 22.7. The van der Waals surface area contributed by atoms with Crippen LogP contribution in [0.2, 0.25) is 0 Å². The lowest BCUT2D eigenvalue weighted by Gasteiger charge is -2.25. The van der Waals surface area contributed by atoms with Gasteiger partial charge < -0.3 is 18.7 Å². The smallest absolute Gasteiger partial charge is 0.203 e. The van der Waals surface area contributed by atoms with E-state index in [-0.39, 0.29) is 0 Å². The molecule has 0 saturated heterocycles. The quantitative estimate of drug-likeness (QED) is 0.0874. The number of nitrogens with zero attached hydrogens (tertiary/aromatic N) is 1. The van der Waals surface area contributed by atoms with Gasteiger partial charge in [-0.3, -0.25) is 0 Å². The minimum absolute atomic E-state index is 0.724. The van der Waals surface area contributed by atoms with Crippen molar-refractivity contribution in [2.45, 2.75) is 143 Å². The monoisotopic (exact) mass is 534 g/mol. The molecule has 0 unspecified atom stereocenters. The molecule has 1 aromatic rings. The third-order valence-electron chi connectivity index (χ3n) is 6.99. The lowest BCUT2D eigenvalue weighted by atomic mass is 10.1. The molecule has 38 heavy (non-hydrogen) atoms. The van der Waals surface area contributed by atoms with Gasteiger partial charge in [0.2, 0.25) is 5.75 Å². The van der Waals surface area contributed by atoms with Crippen molar-refractivity contribution in [3.63, 3.8) is 0 Å². The van der Waals surface area contributed by atoms with Gasteiger partial charge in [0.15, 0.2) is 11.5 Å². The molecule has 0 aliphatic heterocycles. The molecule has 4 nitrogen and oxygen atoms in total. The molecule has 4 heteroatoms. The summed E-state index contributed by atoms with van der Waals surface area (Å²) < 4.78 is 20.1. The maximum absolute atomic E-state index is 6.43. The summed E-state index contributed by atoms with van der Waals surface area (Å²) in [7, 11) is 6.70. The van der Waals surface area contributed by atoms with E-state index in [4.69, 9.17) is 14.2 Å². The van der Waals surface area contributed by atoms with Gasteiger partial charge in [-0.15, -0.1) is 0 Å². The zero-order valence-corrected chi connectivity index (χ0v) is 26.4. The van der Waals surface area contributed by atoms with Crippen LogP contribution >= 0.6 is 0 Å². The summed E-state index contributed by atoms with van der Waals surface area (Å²) >= 11 is 0.